The lowest BCUT2D eigenvalue weighted by Gasteiger charge is -2.13. The second-order valence-corrected chi connectivity index (χ2v) is 4.00. The van der Waals surface area contributed by atoms with E-state index >= 15 is 0 Å². The van der Waals surface area contributed by atoms with Crippen LogP contribution in [0.2, 0.25) is 5.15 Å². The molecule has 1 N–H and O–H groups in total. The standard InChI is InChI=1S/C11H10ClN3O2/c1-7(8-3-2-4-13-6-8)15-10(16)5-9(12)14-11(15)17/h2-7H,1H3,(H,14,17). The molecule has 2 rings (SSSR count). The zero-order valence-electron chi connectivity index (χ0n) is 9.05. The van der Waals surface area contributed by atoms with Crippen LogP contribution in [0.5, 0.6) is 0 Å². The monoisotopic (exact) mass is 251 g/mol. The van der Waals surface area contributed by atoms with E-state index in [1.807, 2.05) is 0 Å². The second kappa shape index (κ2) is 4.55. The van der Waals surface area contributed by atoms with Gasteiger partial charge in [-0.1, -0.05) is 17.7 Å². The maximum absolute atomic E-state index is 11.7. The van der Waals surface area contributed by atoms with Crippen molar-refractivity contribution in [3.63, 3.8) is 0 Å². The van der Waals surface area contributed by atoms with Gasteiger partial charge < -0.3 is 0 Å². The maximum atomic E-state index is 11.7. The summed E-state index contributed by atoms with van der Waals surface area (Å²) in [4.78, 5) is 29.7. The minimum atomic E-state index is -0.529. The molecule has 2 heterocycles. The van der Waals surface area contributed by atoms with Crippen molar-refractivity contribution in [1.82, 2.24) is 14.5 Å². The number of halogens is 1. The molecule has 0 aromatic carbocycles. The molecule has 17 heavy (non-hydrogen) atoms. The quantitative estimate of drug-likeness (QED) is 0.816. The second-order valence-electron chi connectivity index (χ2n) is 3.59. The first kappa shape index (κ1) is 11.6. The van der Waals surface area contributed by atoms with Gasteiger partial charge in [-0.15, -0.1) is 0 Å². The fourth-order valence-electron chi connectivity index (χ4n) is 1.62. The van der Waals surface area contributed by atoms with E-state index in [2.05, 4.69) is 9.97 Å². The Balaban J connectivity index is 2.56. The van der Waals surface area contributed by atoms with Gasteiger partial charge in [0.1, 0.15) is 5.15 Å². The Morgan fingerprint density at radius 3 is 2.82 bits per heavy atom. The zero-order valence-corrected chi connectivity index (χ0v) is 9.81. The number of hydrogen-bond donors (Lipinski definition) is 1. The summed E-state index contributed by atoms with van der Waals surface area (Å²) < 4.78 is 1.10. The van der Waals surface area contributed by atoms with Crippen LogP contribution in [-0.2, 0) is 0 Å². The van der Waals surface area contributed by atoms with Crippen LogP contribution in [-0.4, -0.2) is 14.5 Å². The average Bonchev–Trinajstić information content (AvgIpc) is 2.28. The van der Waals surface area contributed by atoms with Crippen LogP contribution in [0.15, 0.2) is 40.2 Å². The number of rotatable bonds is 2. The third-order valence-corrected chi connectivity index (χ3v) is 2.69. The first-order valence-electron chi connectivity index (χ1n) is 5.01. The van der Waals surface area contributed by atoms with Gasteiger partial charge in [-0.25, -0.2) is 4.79 Å². The van der Waals surface area contributed by atoms with Gasteiger partial charge in [-0.2, -0.15) is 0 Å². The molecule has 0 spiro atoms. The summed E-state index contributed by atoms with van der Waals surface area (Å²) in [6.07, 6.45) is 3.25. The van der Waals surface area contributed by atoms with Gasteiger partial charge in [0.15, 0.2) is 0 Å². The van der Waals surface area contributed by atoms with Gasteiger partial charge in [-0.3, -0.25) is 19.3 Å². The molecule has 88 valence electrons. The molecule has 0 aliphatic rings. The van der Waals surface area contributed by atoms with E-state index in [-0.39, 0.29) is 5.15 Å². The number of hydrogen-bond acceptors (Lipinski definition) is 3. The highest BCUT2D eigenvalue weighted by Gasteiger charge is 2.13. The van der Waals surface area contributed by atoms with Crippen LogP contribution in [0.4, 0.5) is 0 Å². The van der Waals surface area contributed by atoms with E-state index in [4.69, 9.17) is 11.6 Å². The minimum absolute atomic E-state index is 0.0367. The highest BCUT2D eigenvalue weighted by molar-refractivity contribution is 6.29. The topological polar surface area (TPSA) is 67.8 Å². The zero-order chi connectivity index (χ0) is 12.4. The van der Waals surface area contributed by atoms with Crippen LogP contribution >= 0.6 is 11.6 Å². The highest BCUT2D eigenvalue weighted by Crippen LogP contribution is 2.12. The average molecular weight is 252 g/mol. The SMILES string of the molecule is CC(c1cccnc1)n1c(=O)cc(Cl)[nH]c1=O. The van der Waals surface area contributed by atoms with E-state index in [0.717, 1.165) is 10.1 Å². The predicted molar refractivity (Wildman–Crippen MR) is 64.4 cm³/mol. The van der Waals surface area contributed by atoms with Crippen LogP contribution < -0.4 is 11.2 Å². The van der Waals surface area contributed by atoms with Gasteiger partial charge in [0.05, 0.1) is 6.04 Å². The molecular formula is C11H10ClN3O2. The maximum Gasteiger partial charge on any atom is 0.330 e. The van der Waals surface area contributed by atoms with Gasteiger partial charge in [0.2, 0.25) is 0 Å². The van der Waals surface area contributed by atoms with Crippen LogP contribution in [0.3, 0.4) is 0 Å². The van der Waals surface area contributed by atoms with E-state index < -0.39 is 17.3 Å². The number of pyridine rings is 1. The van der Waals surface area contributed by atoms with Gasteiger partial charge in [0, 0.05) is 18.5 Å². The lowest BCUT2D eigenvalue weighted by atomic mass is 10.1. The smallest absolute Gasteiger partial charge is 0.298 e. The van der Waals surface area contributed by atoms with Crippen molar-refractivity contribution in [2.24, 2.45) is 0 Å². The molecule has 2 aromatic heterocycles. The molecule has 1 atom stereocenters. The van der Waals surface area contributed by atoms with Crippen molar-refractivity contribution >= 4 is 11.6 Å². The number of H-pyrrole nitrogens is 1. The summed E-state index contributed by atoms with van der Waals surface area (Å²) >= 11 is 5.59. The minimum Gasteiger partial charge on any atom is -0.298 e. The summed E-state index contributed by atoms with van der Waals surface area (Å²) in [5.74, 6) is 0. The molecule has 0 amide bonds. The molecular weight excluding hydrogens is 242 g/mol. The number of nitrogens with one attached hydrogen (secondary N) is 1. The van der Waals surface area contributed by atoms with Crippen molar-refractivity contribution in [3.8, 4) is 0 Å². The summed E-state index contributed by atoms with van der Waals surface area (Å²) in [6.45, 7) is 1.75. The normalized spacial score (nSPS) is 12.4. The van der Waals surface area contributed by atoms with Crippen molar-refractivity contribution in [2.45, 2.75) is 13.0 Å². The highest BCUT2D eigenvalue weighted by atomic mass is 35.5. The summed E-state index contributed by atoms with van der Waals surface area (Å²) in [7, 11) is 0. The molecule has 6 heteroatoms. The Bertz CT molecular complexity index is 602. The summed E-state index contributed by atoms with van der Waals surface area (Å²) in [5, 5.41) is 0.0367. The number of nitrogens with zero attached hydrogens (tertiary/aromatic N) is 2. The van der Waals surface area contributed by atoms with Gasteiger partial charge in [-0.05, 0) is 18.6 Å². The lowest BCUT2D eigenvalue weighted by Crippen LogP contribution is -2.37. The summed E-state index contributed by atoms with van der Waals surface area (Å²) in [5.41, 5.74) is -0.184. The van der Waals surface area contributed by atoms with E-state index in [1.54, 1.807) is 31.5 Å². The Hall–Kier alpha value is -1.88. The van der Waals surface area contributed by atoms with Gasteiger partial charge in [0.25, 0.3) is 5.56 Å². The van der Waals surface area contributed by atoms with Crippen molar-refractivity contribution in [1.29, 1.82) is 0 Å². The number of aromatic amines is 1. The lowest BCUT2D eigenvalue weighted by molar-refractivity contribution is 0.576. The third kappa shape index (κ3) is 2.29. The molecule has 0 radical (unpaired) electrons. The number of aromatic nitrogens is 3. The van der Waals surface area contributed by atoms with Crippen molar-refractivity contribution in [2.75, 3.05) is 0 Å². The molecule has 1 unspecified atom stereocenters. The van der Waals surface area contributed by atoms with Crippen LogP contribution in [0, 0.1) is 0 Å². The largest absolute Gasteiger partial charge is 0.330 e. The third-order valence-electron chi connectivity index (χ3n) is 2.49. The first-order chi connectivity index (χ1) is 8.09. The predicted octanol–water partition coefficient (Wildman–Crippen LogP) is 1.19. The molecule has 0 saturated carbocycles. The summed E-state index contributed by atoms with van der Waals surface area (Å²) in [6, 6.07) is 4.34. The van der Waals surface area contributed by atoms with Crippen LogP contribution in [0.25, 0.3) is 0 Å². The molecule has 0 bridgehead atoms. The fraction of sp³-hybridized carbons (Fsp3) is 0.182. The Labute approximate surface area is 102 Å². The molecule has 5 nitrogen and oxygen atoms in total. The molecule has 2 aromatic rings. The molecule has 0 aliphatic heterocycles. The van der Waals surface area contributed by atoms with Gasteiger partial charge >= 0.3 is 5.69 Å². The molecule has 0 saturated heterocycles. The molecule has 0 aliphatic carbocycles. The van der Waals surface area contributed by atoms with E-state index in [0.29, 0.717) is 0 Å². The van der Waals surface area contributed by atoms with Crippen LogP contribution in [0.1, 0.15) is 18.5 Å². The first-order valence-corrected chi connectivity index (χ1v) is 5.38. The van der Waals surface area contributed by atoms with Crippen molar-refractivity contribution in [3.05, 3.63) is 62.1 Å². The Morgan fingerprint density at radius 1 is 1.47 bits per heavy atom. The van der Waals surface area contributed by atoms with Crippen molar-refractivity contribution < 1.29 is 0 Å². The molecule has 0 fully saturated rings. The van der Waals surface area contributed by atoms with E-state index in [9.17, 15) is 9.59 Å². The Kier molecular flexibility index (Phi) is 3.10. The Morgan fingerprint density at radius 2 is 2.24 bits per heavy atom. The van der Waals surface area contributed by atoms with E-state index in [1.165, 1.54) is 6.07 Å². The fourth-order valence-corrected chi connectivity index (χ4v) is 1.79.